The number of carbonyl (C=O) groups excluding carboxylic acids is 2. The van der Waals surface area contributed by atoms with E-state index in [0.29, 0.717) is 0 Å². The van der Waals surface area contributed by atoms with Crippen molar-refractivity contribution in [3.05, 3.63) is 0 Å². The summed E-state index contributed by atoms with van der Waals surface area (Å²) >= 11 is 0. The van der Waals surface area contributed by atoms with Gasteiger partial charge in [-0.15, -0.1) is 0 Å². The highest BCUT2D eigenvalue weighted by molar-refractivity contribution is 5.90. The van der Waals surface area contributed by atoms with Crippen molar-refractivity contribution < 1.29 is 14.4 Å². The van der Waals surface area contributed by atoms with Gasteiger partial charge in [0.15, 0.2) is 0 Å². The average Bonchev–Trinajstić information content (AvgIpc) is 2.62. The maximum Gasteiger partial charge on any atom is 0.268 e. The van der Waals surface area contributed by atoms with Crippen molar-refractivity contribution >= 4 is 11.8 Å². The summed E-state index contributed by atoms with van der Waals surface area (Å²) in [6.45, 7) is 4.01. The zero-order valence-electron chi connectivity index (χ0n) is 8.95. The second kappa shape index (κ2) is 5.09. The molecule has 0 spiro atoms. The first kappa shape index (κ1) is 11.9. The van der Waals surface area contributed by atoms with Gasteiger partial charge in [-0.25, -0.2) is 5.48 Å². The normalized spacial score (nSPS) is 24.5. The van der Waals surface area contributed by atoms with Crippen LogP contribution in [-0.2, 0) is 14.4 Å². The standard InChI is InChI=1S/C9H17N3O3/c1-3-5(2)7(10)9(14)11-6-4-15-12-8(6)13/h5-7H,3-4,10H2,1-2H3,(H,11,14)(H,12,13)/t5?,6-,7+/m1/s1. The molecule has 0 radical (unpaired) electrons. The van der Waals surface area contributed by atoms with E-state index in [9.17, 15) is 9.59 Å². The fourth-order valence-corrected chi connectivity index (χ4v) is 1.23. The fourth-order valence-electron chi connectivity index (χ4n) is 1.23. The quantitative estimate of drug-likeness (QED) is 0.555. The Kier molecular flexibility index (Phi) is 4.05. The molecule has 0 saturated carbocycles. The number of hydrogen-bond donors (Lipinski definition) is 3. The Bertz CT molecular complexity index is 257. The van der Waals surface area contributed by atoms with E-state index in [0.717, 1.165) is 6.42 Å². The van der Waals surface area contributed by atoms with Crippen molar-refractivity contribution in [1.82, 2.24) is 10.8 Å². The summed E-state index contributed by atoms with van der Waals surface area (Å²) in [7, 11) is 0. The first-order valence-corrected chi connectivity index (χ1v) is 5.03. The van der Waals surface area contributed by atoms with Crippen molar-refractivity contribution in [3.8, 4) is 0 Å². The van der Waals surface area contributed by atoms with Crippen LogP contribution in [0.4, 0.5) is 0 Å². The van der Waals surface area contributed by atoms with E-state index in [1.165, 1.54) is 0 Å². The summed E-state index contributed by atoms with van der Waals surface area (Å²) in [5.41, 5.74) is 7.87. The van der Waals surface area contributed by atoms with Gasteiger partial charge < -0.3 is 11.1 Å². The molecular weight excluding hydrogens is 198 g/mol. The molecular formula is C9H17N3O3. The molecule has 0 aromatic heterocycles. The molecule has 1 fully saturated rings. The predicted molar refractivity (Wildman–Crippen MR) is 53.5 cm³/mol. The second-order valence-electron chi connectivity index (χ2n) is 3.75. The van der Waals surface area contributed by atoms with Crippen LogP contribution in [0.5, 0.6) is 0 Å². The highest BCUT2D eigenvalue weighted by atomic mass is 16.7. The lowest BCUT2D eigenvalue weighted by Gasteiger charge is -2.18. The van der Waals surface area contributed by atoms with E-state index in [-0.39, 0.29) is 24.3 Å². The molecule has 0 aliphatic carbocycles. The molecule has 0 bridgehead atoms. The Morgan fingerprint density at radius 1 is 1.80 bits per heavy atom. The molecule has 4 N–H and O–H groups in total. The van der Waals surface area contributed by atoms with Crippen LogP contribution in [-0.4, -0.2) is 30.5 Å². The molecule has 1 aliphatic rings. The van der Waals surface area contributed by atoms with Gasteiger partial charge in [-0.05, 0) is 5.92 Å². The van der Waals surface area contributed by atoms with Crippen LogP contribution in [0.15, 0.2) is 0 Å². The minimum absolute atomic E-state index is 0.0929. The summed E-state index contributed by atoms with van der Waals surface area (Å²) in [4.78, 5) is 27.3. The van der Waals surface area contributed by atoms with Crippen LogP contribution in [0.3, 0.4) is 0 Å². The Labute approximate surface area is 88.5 Å². The van der Waals surface area contributed by atoms with Crippen molar-refractivity contribution in [1.29, 1.82) is 0 Å². The molecule has 0 aromatic carbocycles. The molecule has 1 rings (SSSR count). The zero-order chi connectivity index (χ0) is 11.4. The lowest BCUT2D eigenvalue weighted by molar-refractivity contribution is -0.129. The highest BCUT2D eigenvalue weighted by Gasteiger charge is 2.29. The maximum atomic E-state index is 11.6. The molecule has 2 amide bonds. The van der Waals surface area contributed by atoms with E-state index in [1.54, 1.807) is 0 Å². The highest BCUT2D eigenvalue weighted by Crippen LogP contribution is 2.06. The third-order valence-corrected chi connectivity index (χ3v) is 2.62. The average molecular weight is 215 g/mol. The Morgan fingerprint density at radius 2 is 2.47 bits per heavy atom. The van der Waals surface area contributed by atoms with Gasteiger partial charge in [0, 0.05) is 0 Å². The Morgan fingerprint density at radius 3 is 2.93 bits per heavy atom. The third kappa shape index (κ3) is 2.90. The summed E-state index contributed by atoms with van der Waals surface area (Å²) in [5.74, 6) is -0.551. The molecule has 1 heterocycles. The number of nitrogens with two attached hydrogens (primary N) is 1. The first-order valence-electron chi connectivity index (χ1n) is 5.03. The van der Waals surface area contributed by atoms with Crippen LogP contribution < -0.4 is 16.5 Å². The van der Waals surface area contributed by atoms with E-state index in [2.05, 4.69) is 15.6 Å². The Hall–Kier alpha value is -1.14. The largest absolute Gasteiger partial charge is 0.341 e. The van der Waals surface area contributed by atoms with Gasteiger partial charge in [0.1, 0.15) is 12.6 Å². The lowest BCUT2D eigenvalue weighted by Crippen LogP contribution is -2.51. The van der Waals surface area contributed by atoms with Crippen LogP contribution in [0, 0.1) is 5.92 Å². The monoisotopic (exact) mass is 215 g/mol. The number of carbonyl (C=O) groups is 2. The van der Waals surface area contributed by atoms with Gasteiger partial charge >= 0.3 is 0 Å². The van der Waals surface area contributed by atoms with Gasteiger partial charge in [0.05, 0.1) is 6.04 Å². The predicted octanol–water partition coefficient (Wildman–Crippen LogP) is -1.09. The molecule has 6 nitrogen and oxygen atoms in total. The first-order chi connectivity index (χ1) is 7.06. The van der Waals surface area contributed by atoms with Gasteiger partial charge in [0.2, 0.25) is 5.91 Å². The summed E-state index contributed by atoms with van der Waals surface area (Å²) in [6.07, 6.45) is 0.821. The molecule has 15 heavy (non-hydrogen) atoms. The second-order valence-corrected chi connectivity index (χ2v) is 3.75. The lowest BCUT2D eigenvalue weighted by atomic mass is 9.99. The molecule has 1 aliphatic heterocycles. The van der Waals surface area contributed by atoms with Crippen LogP contribution in [0.2, 0.25) is 0 Å². The molecule has 6 heteroatoms. The van der Waals surface area contributed by atoms with E-state index >= 15 is 0 Å². The van der Waals surface area contributed by atoms with Gasteiger partial charge in [-0.3, -0.25) is 14.4 Å². The topological polar surface area (TPSA) is 93.5 Å². The maximum absolute atomic E-state index is 11.6. The van der Waals surface area contributed by atoms with Gasteiger partial charge in [0.25, 0.3) is 5.91 Å². The summed E-state index contributed by atoms with van der Waals surface area (Å²) in [5, 5.41) is 2.54. The van der Waals surface area contributed by atoms with Crippen LogP contribution in [0.25, 0.3) is 0 Å². The number of rotatable bonds is 4. The fraction of sp³-hybridized carbons (Fsp3) is 0.778. The Balaban J connectivity index is 2.44. The van der Waals surface area contributed by atoms with Gasteiger partial charge in [-0.1, -0.05) is 20.3 Å². The minimum atomic E-state index is -0.618. The van der Waals surface area contributed by atoms with E-state index in [1.807, 2.05) is 13.8 Å². The number of hydroxylamine groups is 1. The summed E-state index contributed by atoms with van der Waals surface area (Å²) in [6, 6.07) is -1.20. The minimum Gasteiger partial charge on any atom is -0.341 e. The van der Waals surface area contributed by atoms with Crippen molar-refractivity contribution in [2.75, 3.05) is 6.61 Å². The van der Waals surface area contributed by atoms with E-state index < -0.39 is 12.1 Å². The molecule has 3 atom stereocenters. The SMILES string of the molecule is CCC(C)[C@H](N)C(=O)N[C@@H]1CONC1=O. The summed E-state index contributed by atoms with van der Waals surface area (Å²) < 4.78 is 0. The number of nitrogens with one attached hydrogen (secondary N) is 2. The molecule has 0 aromatic rings. The molecule has 86 valence electrons. The smallest absolute Gasteiger partial charge is 0.268 e. The van der Waals surface area contributed by atoms with Crippen LogP contribution in [0.1, 0.15) is 20.3 Å². The number of amides is 2. The zero-order valence-corrected chi connectivity index (χ0v) is 8.95. The number of hydrogen-bond acceptors (Lipinski definition) is 4. The van der Waals surface area contributed by atoms with Crippen molar-refractivity contribution in [2.45, 2.75) is 32.4 Å². The van der Waals surface area contributed by atoms with Crippen LogP contribution >= 0.6 is 0 Å². The molecule has 1 unspecified atom stereocenters. The van der Waals surface area contributed by atoms with Crippen molar-refractivity contribution in [3.63, 3.8) is 0 Å². The molecule has 1 saturated heterocycles. The van der Waals surface area contributed by atoms with Crippen molar-refractivity contribution in [2.24, 2.45) is 11.7 Å². The van der Waals surface area contributed by atoms with E-state index in [4.69, 9.17) is 5.73 Å². The third-order valence-electron chi connectivity index (χ3n) is 2.62. The van der Waals surface area contributed by atoms with Gasteiger partial charge in [-0.2, -0.15) is 0 Å².